The highest BCUT2D eigenvalue weighted by Gasteiger charge is 2.51. The van der Waals surface area contributed by atoms with Crippen LogP contribution in [0.2, 0.25) is 0 Å². The van der Waals surface area contributed by atoms with E-state index in [1.807, 2.05) is 11.8 Å². The van der Waals surface area contributed by atoms with Gasteiger partial charge in [0.25, 0.3) is 5.91 Å². The van der Waals surface area contributed by atoms with Crippen LogP contribution in [0.5, 0.6) is 0 Å². The normalized spacial score (nSPS) is 30.8. The van der Waals surface area contributed by atoms with E-state index in [9.17, 15) is 4.79 Å². The number of fused-ring (bicyclic) bond motifs is 1. The van der Waals surface area contributed by atoms with Gasteiger partial charge >= 0.3 is 0 Å². The minimum atomic E-state index is 0.127. The quantitative estimate of drug-likeness (QED) is 0.838. The monoisotopic (exact) mass is 303 g/mol. The molecular weight excluding hydrogens is 278 g/mol. The highest BCUT2D eigenvalue weighted by Crippen LogP contribution is 2.49. The molecule has 1 aromatic rings. The summed E-state index contributed by atoms with van der Waals surface area (Å²) in [7, 11) is 0. The third-order valence-corrected chi connectivity index (χ3v) is 5.86. The molecule has 2 heterocycles. The van der Waals surface area contributed by atoms with Crippen molar-refractivity contribution in [3.63, 3.8) is 0 Å². The van der Waals surface area contributed by atoms with E-state index >= 15 is 0 Å². The van der Waals surface area contributed by atoms with Gasteiger partial charge in [0.15, 0.2) is 0 Å². The molecule has 2 atom stereocenters. The Labute approximate surface area is 131 Å². The summed E-state index contributed by atoms with van der Waals surface area (Å²) in [6.07, 6.45) is 8.00. The molecule has 1 aromatic heterocycles. The number of hydrogen-bond donors (Lipinski definition) is 0. The van der Waals surface area contributed by atoms with E-state index in [-0.39, 0.29) is 11.3 Å². The van der Waals surface area contributed by atoms with Gasteiger partial charge < -0.3 is 14.1 Å². The number of likely N-dealkylation sites (tertiary alicyclic amines) is 1. The molecule has 0 bridgehead atoms. The van der Waals surface area contributed by atoms with Gasteiger partial charge in [-0.3, -0.25) is 4.79 Å². The van der Waals surface area contributed by atoms with Crippen molar-refractivity contribution in [2.75, 3.05) is 26.3 Å². The molecule has 1 aliphatic heterocycles. The number of carbonyl (C=O) groups is 1. The van der Waals surface area contributed by atoms with Gasteiger partial charge in [-0.15, -0.1) is 0 Å². The summed E-state index contributed by atoms with van der Waals surface area (Å²) in [5.74, 6) is 2.27. The van der Waals surface area contributed by atoms with Gasteiger partial charge in [0.2, 0.25) is 0 Å². The van der Waals surface area contributed by atoms with E-state index in [2.05, 4.69) is 0 Å². The number of carbonyl (C=O) groups excluding carboxylic acids is 1. The van der Waals surface area contributed by atoms with Crippen LogP contribution in [-0.2, 0) is 4.74 Å². The van der Waals surface area contributed by atoms with Gasteiger partial charge in [0.1, 0.15) is 5.76 Å². The summed E-state index contributed by atoms with van der Waals surface area (Å²) < 4.78 is 11.3. The Morgan fingerprint density at radius 2 is 2.32 bits per heavy atom. The van der Waals surface area contributed by atoms with Crippen molar-refractivity contribution in [2.45, 2.75) is 39.0 Å². The van der Waals surface area contributed by atoms with Gasteiger partial charge in [-0.2, -0.15) is 0 Å². The molecule has 0 radical (unpaired) electrons. The van der Waals surface area contributed by atoms with Crippen molar-refractivity contribution in [1.82, 2.24) is 4.90 Å². The molecule has 4 rings (SSSR count). The minimum absolute atomic E-state index is 0.127. The Kier molecular flexibility index (Phi) is 3.52. The largest absolute Gasteiger partial charge is 0.469 e. The fourth-order valence-electron chi connectivity index (χ4n) is 4.30. The molecule has 0 unspecified atom stereocenters. The highest BCUT2D eigenvalue weighted by atomic mass is 16.5. The molecule has 3 fully saturated rings. The molecule has 120 valence electrons. The second-order valence-corrected chi connectivity index (χ2v) is 7.49. The van der Waals surface area contributed by atoms with Crippen LogP contribution in [-0.4, -0.2) is 37.1 Å². The summed E-state index contributed by atoms with van der Waals surface area (Å²) in [5, 5.41) is 0. The van der Waals surface area contributed by atoms with Crippen LogP contribution in [0.3, 0.4) is 0 Å². The van der Waals surface area contributed by atoms with Crippen LogP contribution in [0.25, 0.3) is 0 Å². The smallest absolute Gasteiger partial charge is 0.257 e. The number of nitrogens with zero attached hydrogens (tertiary/aromatic N) is 1. The van der Waals surface area contributed by atoms with E-state index < -0.39 is 0 Å². The summed E-state index contributed by atoms with van der Waals surface area (Å²) in [4.78, 5) is 14.7. The number of aryl methyl sites for hydroxylation is 1. The van der Waals surface area contributed by atoms with E-state index in [4.69, 9.17) is 9.15 Å². The Bertz CT molecular complexity index is 562. The van der Waals surface area contributed by atoms with Crippen LogP contribution < -0.4 is 0 Å². The van der Waals surface area contributed by atoms with Crippen molar-refractivity contribution in [3.8, 4) is 0 Å². The van der Waals surface area contributed by atoms with Crippen LogP contribution >= 0.6 is 0 Å². The molecule has 4 nitrogen and oxygen atoms in total. The summed E-state index contributed by atoms with van der Waals surface area (Å²) in [6, 6.07) is 1.79. The Morgan fingerprint density at radius 1 is 1.45 bits per heavy atom. The molecule has 0 aromatic carbocycles. The molecule has 0 N–H and O–H groups in total. The second kappa shape index (κ2) is 5.41. The van der Waals surface area contributed by atoms with E-state index in [1.165, 1.54) is 32.1 Å². The molecule has 2 saturated carbocycles. The van der Waals surface area contributed by atoms with Gasteiger partial charge in [0.05, 0.1) is 18.4 Å². The first-order chi connectivity index (χ1) is 10.7. The van der Waals surface area contributed by atoms with Gasteiger partial charge in [-0.05, 0) is 50.5 Å². The topological polar surface area (TPSA) is 42.7 Å². The van der Waals surface area contributed by atoms with Crippen LogP contribution in [0.1, 0.15) is 48.2 Å². The zero-order chi connectivity index (χ0) is 15.2. The summed E-state index contributed by atoms with van der Waals surface area (Å²) >= 11 is 0. The lowest BCUT2D eigenvalue weighted by Crippen LogP contribution is -2.35. The number of hydrogen-bond acceptors (Lipinski definition) is 3. The average molecular weight is 303 g/mol. The van der Waals surface area contributed by atoms with E-state index in [0.29, 0.717) is 11.5 Å². The molecule has 1 saturated heterocycles. The van der Waals surface area contributed by atoms with Crippen LogP contribution in [0, 0.1) is 24.2 Å². The maximum Gasteiger partial charge on any atom is 0.257 e. The lowest BCUT2D eigenvalue weighted by atomic mass is 9.81. The van der Waals surface area contributed by atoms with E-state index in [1.54, 1.807) is 12.3 Å². The van der Waals surface area contributed by atoms with Crippen LogP contribution in [0.4, 0.5) is 0 Å². The Balaban J connectivity index is 1.44. The molecule has 3 aliphatic rings. The van der Waals surface area contributed by atoms with Crippen molar-refractivity contribution in [2.24, 2.45) is 17.3 Å². The van der Waals surface area contributed by atoms with Gasteiger partial charge in [-0.25, -0.2) is 0 Å². The lowest BCUT2D eigenvalue weighted by Gasteiger charge is -2.28. The first kappa shape index (κ1) is 14.3. The summed E-state index contributed by atoms with van der Waals surface area (Å²) in [5.41, 5.74) is 0.927. The maximum absolute atomic E-state index is 12.7. The molecular formula is C18H25NO3. The number of amides is 1. The fraction of sp³-hybridized carbons (Fsp3) is 0.722. The van der Waals surface area contributed by atoms with Crippen molar-refractivity contribution >= 4 is 5.91 Å². The zero-order valence-corrected chi connectivity index (χ0v) is 13.3. The number of furan rings is 1. The predicted molar refractivity (Wildman–Crippen MR) is 82.7 cm³/mol. The number of rotatable bonds is 5. The Morgan fingerprint density at radius 3 is 3.05 bits per heavy atom. The Hall–Kier alpha value is -1.29. The third kappa shape index (κ3) is 2.47. The first-order valence-electron chi connectivity index (χ1n) is 8.59. The molecule has 4 heteroatoms. The SMILES string of the molecule is Cc1occc1C(=O)N1C[C@H]2CCC[C@@]2(COCC2CC2)C1. The highest BCUT2D eigenvalue weighted by molar-refractivity contribution is 5.95. The zero-order valence-electron chi connectivity index (χ0n) is 13.3. The van der Waals surface area contributed by atoms with Crippen molar-refractivity contribution in [1.29, 1.82) is 0 Å². The molecule has 2 aliphatic carbocycles. The molecule has 1 amide bonds. The molecule has 0 spiro atoms. The first-order valence-corrected chi connectivity index (χ1v) is 8.59. The van der Waals surface area contributed by atoms with Crippen LogP contribution in [0.15, 0.2) is 16.7 Å². The van der Waals surface area contributed by atoms with Gasteiger partial charge in [-0.1, -0.05) is 6.42 Å². The standard InChI is InChI=1S/C18H25NO3/c1-13-16(6-8-22-13)17(20)19-9-15-3-2-7-18(15,11-19)12-21-10-14-4-5-14/h6,8,14-15H,2-5,7,9-12H2,1H3/t15-,18+/m1/s1. The fourth-order valence-corrected chi connectivity index (χ4v) is 4.30. The second-order valence-electron chi connectivity index (χ2n) is 7.49. The summed E-state index contributed by atoms with van der Waals surface area (Å²) in [6.45, 7) is 5.35. The molecule has 22 heavy (non-hydrogen) atoms. The maximum atomic E-state index is 12.7. The predicted octanol–water partition coefficient (Wildman–Crippen LogP) is 3.26. The third-order valence-electron chi connectivity index (χ3n) is 5.86. The minimum Gasteiger partial charge on any atom is -0.469 e. The lowest BCUT2D eigenvalue weighted by molar-refractivity contribution is 0.0306. The van der Waals surface area contributed by atoms with E-state index in [0.717, 1.165) is 38.0 Å². The average Bonchev–Trinajstić information content (AvgIpc) is 2.91. The number of ether oxygens (including phenoxy) is 1. The van der Waals surface area contributed by atoms with Crippen molar-refractivity contribution in [3.05, 3.63) is 23.7 Å². The van der Waals surface area contributed by atoms with Gasteiger partial charge in [0, 0.05) is 25.1 Å². The van der Waals surface area contributed by atoms with Crippen molar-refractivity contribution < 1.29 is 13.9 Å².